The van der Waals surface area contributed by atoms with E-state index in [9.17, 15) is 4.79 Å². The molecule has 2 rings (SSSR count). The van der Waals surface area contributed by atoms with Crippen molar-refractivity contribution in [2.24, 2.45) is 0 Å². The SMILES string of the molecule is O=Cc1cc(-c2cnoc2)on1. The van der Waals surface area contributed by atoms with Gasteiger partial charge in [-0.15, -0.1) is 0 Å². The van der Waals surface area contributed by atoms with E-state index in [1.807, 2.05) is 0 Å². The van der Waals surface area contributed by atoms with Gasteiger partial charge >= 0.3 is 0 Å². The summed E-state index contributed by atoms with van der Waals surface area (Å²) < 4.78 is 9.40. The van der Waals surface area contributed by atoms with E-state index in [4.69, 9.17) is 4.52 Å². The van der Waals surface area contributed by atoms with E-state index in [1.54, 1.807) is 0 Å². The van der Waals surface area contributed by atoms with Gasteiger partial charge in [-0.3, -0.25) is 4.79 Å². The van der Waals surface area contributed by atoms with Crippen LogP contribution < -0.4 is 0 Å². The summed E-state index contributed by atoms with van der Waals surface area (Å²) in [6.07, 6.45) is 3.50. The Bertz CT molecular complexity index is 377. The molecule has 0 amide bonds. The molecule has 12 heavy (non-hydrogen) atoms. The zero-order valence-electron chi connectivity index (χ0n) is 5.93. The van der Waals surface area contributed by atoms with Crippen molar-refractivity contribution in [2.75, 3.05) is 0 Å². The molecule has 0 fully saturated rings. The molecule has 60 valence electrons. The summed E-state index contributed by atoms with van der Waals surface area (Å²) >= 11 is 0. The van der Waals surface area contributed by atoms with Gasteiger partial charge in [-0.25, -0.2) is 0 Å². The third kappa shape index (κ3) is 1.01. The fraction of sp³-hybridized carbons (Fsp3) is 0. The number of aldehydes is 1. The van der Waals surface area contributed by atoms with Crippen LogP contribution in [0.4, 0.5) is 0 Å². The Labute approximate surface area is 66.9 Å². The summed E-state index contributed by atoms with van der Waals surface area (Å²) in [6.45, 7) is 0. The molecule has 5 nitrogen and oxygen atoms in total. The highest BCUT2D eigenvalue weighted by Crippen LogP contribution is 2.18. The molecule has 2 aromatic heterocycles. The Kier molecular flexibility index (Phi) is 1.48. The van der Waals surface area contributed by atoms with Gasteiger partial charge in [0.25, 0.3) is 0 Å². The van der Waals surface area contributed by atoms with Gasteiger partial charge in [0.15, 0.2) is 12.0 Å². The van der Waals surface area contributed by atoms with Crippen LogP contribution in [0.1, 0.15) is 10.5 Å². The Balaban J connectivity index is 2.41. The molecule has 0 N–H and O–H groups in total. The van der Waals surface area contributed by atoms with Crippen LogP contribution in [0.25, 0.3) is 11.3 Å². The van der Waals surface area contributed by atoms with E-state index < -0.39 is 0 Å². The minimum absolute atomic E-state index is 0.256. The van der Waals surface area contributed by atoms with Crippen LogP contribution in [0.2, 0.25) is 0 Å². The minimum atomic E-state index is 0.256. The lowest BCUT2D eigenvalue weighted by molar-refractivity contribution is 0.111. The summed E-state index contributed by atoms with van der Waals surface area (Å²) in [5.41, 5.74) is 0.918. The summed E-state index contributed by atoms with van der Waals surface area (Å²) in [7, 11) is 0. The van der Waals surface area contributed by atoms with E-state index in [1.165, 1.54) is 18.5 Å². The number of aromatic nitrogens is 2. The van der Waals surface area contributed by atoms with Gasteiger partial charge in [-0.2, -0.15) is 0 Å². The third-order valence-corrected chi connectivity index (χ3v) is 1.37. The second-order valence-corrected chi connectivity index (χ2v) is 2.15. The lowest BCUT2D eigenvalue weighted by Gasteiger charge is -1.79. The van der Waals surface area contributed by atoms with Gasteiger partial charge < -0.3 is 9.05 Å². The highest BCUT2D eigenvalue weighted by molar-refractivity contribution is 5.74. The number of hydrogen-bond donors (Lipinski definition) is 0. The van der Waals surface area contributed by atoms with Crippen molar-refractivity contribution in [1.29, 1.82) is 0 Å². The first-order valence-corrected chi connectivity index (χ1v) is 3.22. The number of nitrogens with zero attached hydrogens (tertiary/aromatic N) is 2. The molecule has 0 unspecified atom stereocenters. The standard InChI is InChI=1S/C7H4N2O3/c10-3-6-1-7(12-9-6)5-2-8-11-4-5/h1-4H. The summed E-state index contributed by atoms with van der Waals surface area (Å²) in [4.78, 5) is 10.2. The molecule has 0 aliphatic heterocycles. The lowest BCUT2D eigenvalue weighted by atomic mass is 10.3. The van der Waals surface area contributed by atoms with Gasteiger partial charge in [-0.05, 0) is 0 Å². The molecule has 0 saturated heterocycles. The monoisotopic (exact) mass is 164 g/mol. The first kappa shape index (κ1) is 6.78. The maximum absolute atomic E-state index is 10.2. The van der Waals surface area contributed by atoms with Crippen molar-refractivity contribution in [3.63, 3.8) is 0 Å². The van der Waals surface area contributed by atoms with Gasteiger partial charge in [0.1, 0.15) is 12.0 Å². The van der Waals surface area contributed by atoms with Crippen molar-refractivity contribution in [3.05, 3.63) is 24.2 Å². The average Bonchev–Trinajstić information content (AvgIpc) is 2.75. The van der Waals surface area contributed by atoms with Gasteiger partial charge in [0.2, 0.25) is 0 Å². The quantitative estimate of drug-likeness (QED) is 0.622. The lowest BCUT2D eigenvalue weighted by Crippen LogP contribution is -1.72. The van der Waals surface area contributed by atoms with Gasteiger partial charge in [-0.1, -0.05) is 10.3 Å². The van der Waals surface area contributed by atoms with Crippen LogP contribution in [0.5, 0.6) is 0 Å². The number of carbonyl (C=O) groups is 1. The normalized spacial score (nSPS) is 10.0. The van der Waals surface area contributed by atoms with E-state index in [0.29, 0.717) is 17.6 Å². The van der Waals surface area contributed by atoms with Crippen LogP contribution in [-0.4, -0.2) is 16.6 Å². The highest BCUT2D eigenvalue weighted by atomic mass is 16.5. The maximum atomic E-state index is 10.2. The van der Waals surface area contributed by atoms with Crippen molar-refractivity contribution < 1.29 is 13.8 Å². The molecule has 0 aliphatic rings. The zero-order valence-corrected chi connectivity index (χ0v) is 5.93. The molecule has 0 aromatic carbocycles. The predicted molar refractivity (Wildman–Crippen MR) is 37.4 cm³/mol. The summed E-state index contributed by atoms with van der Waals surface area (Å²) in [5, 5.41) is 6.96. The Morgan fingerprint density at radius 2 is 2.42 bits per heavy atom. The van der Waals surface area contributed by atoms with Gasteiger partial charge in [0.05, 0.1) is 11.8 Å². The van der Waals surface area contributed by atoms with Crippen LogP contribution in [-0.2, 0) is 0 Å². The van der Waals surface area contributed by atoms with Crippen molar-refractivity contribution in [2.45, 2.75) is 0 Å². The largest absolute Gasteiger partial charge is 0.364 e. The molecule has 0 aliphatic carbocycles. The van der Waals surface area contributed by atoms with Crippen molar-refractivity contribution in [3.8, 4) is 11.3 Å². The van der Waals surface area contributed by atoms with Crippen LogP contribution in [0, 0.1) is 0 Å². The fourth-order valence-corrected chi connectivity index (χ4v) is 0.807. The molecule has 2 heterocycles. The third-order valence-electron chi connectivity index (χ3n) is 1.37. The molecule has 2 aromatic rings. The van der Waals surface area contributed by atoms with Gasteiger partial charge in [0, 0.05) is 6.07 Å². The average molecular weight is 164 g/mol. The smallest absolute Gasteiger partial charge is 0.172 e. The molecule has 0 bridgehead atoms. The molecule has 5 heteroatoms. The van der Waals surface area contributed by atoms with E-state index >= 15 is 0 Å². The van der Waals surface area contributed by atoms with E-state index in [2.05, 4.69) is 14.8 Å². The molecule has 0 radical (unpaired) electrons. The zero-order chi connectivity index (χ0) is 8.39. The number of carbonyl (C=O) groups excluding carboxylic acids is 1. The second kappa shape index (κ2) is 2.61. The van der Waals surface area contributed by atoms with E-state index in [0.717, 1.165) is 0 Å². The minimum Gasteiger partial charge on any atom is -0.364 e. The topological polar surface area (TPSA) is 69.1 Å². The fourth-order valence-electron chi connectivity index (χ4n) is 0.807. The van der Waals surface area contributed by atoms with E-state index in [-0.39, 0.29) is 5.69 Å². The predicted octanol–water partition coefficient (Wildman–Crippen LogP) is 1.14. The van der Waals surface area contributed by atoms with Crippen LogP contribution in [0.3, 0.4) is 0 Å². The molecule has 0 saturated carbocycles. The van der Waals surface area contributed by atoms with Crippen LogP contribution in [0.15, 0.2) is 27.6 Å². The summed E-state index contributed by atoms with van der Waals surface area (Å²) in [5.74, 6) is 0.471. The van der Waals surface area contributed by atoms with Crippen molar-refractivity contribution in [1.82, 2.24) is 10.3 Å². The number of hydrogen-bond acceptors (Lipinski definition) is 5. The molecular formula is C7H4N2O3. The maximum Gasteiger partial charge on any atom is 0.172 e. The van der Waals surface area contributed by atoms with Crippen molar-refractivity contribution >= 4 is 6.29 Å². The Morgan fingerprint density at radius 1 is 1.50 bits per heavy atom. The van der Waals surface area contributed by atoms with Crippen LogP contribution >= 0.6 is 0 Å². The number of rotatable bonds is 2. The second-order valence-electron chi connectivity index (χ2n) is 2.15. The Morgan fingerprint density at radius 3 is 3.00 bits per heavy atom. The molecule has 0 atom stereocenters. The highest BCUT2D eigenvalue weighted by Gasteiger charge is 2.06. The molecule has 0 spiro atoms. The first-order valence-electron chi connectivity index (χ1n) is 3.22. The first-order chi connectivity index (χ1) is 5.90. The molecular weight excluding hydrogens is 160 g/mol. The summed E-state index contributed by atoms with van der Waals surface area (Å²) in [6, 6.07) is 1.51. The Hall–Kier alpha value is -1.91.